The average molecular weight is 456 g/mol. The number of fused-ring (bicyclic) bond motifs is 1. The van der Waals surface area contributed by atoms with Gasteiger partial charge in [-0.05, 0) is 44.0 Å². The predicted molar refractivity (Wildman–Crippen MR) is 120 cm³/mol. The Hall–Kier alpha value is -3.67. The third-order valence-electron chi connectivity index (χ3n) is 5.89. The van der Waals surface area contributed by atoms with E-state index in [0.29, 0.717) is 47.2 Å². The van der Waals surface area contributed by atoms with Crippen LogP contribution in [0.15, 0.2) is 36.4 Å². The van der Waals surface area contributed by atoms with Crippen LogP contribution in [-0.2, 0) is 5.41 Å². The molecule has 0 amide bonds. The van der Waals surface area contributed by atoms with Gasteiger partial charge in [0, 0.05) is 16.9 Å². The van der Waals surface area contributed by atoms with Crippen LogP contribution in [0.25, 0.3) is 0 Å². The summed E-state index contributed by atoms with van der Waals surface area (Å²) in [6.45, 7) is 1.79. The Morgan fingerprint density at radius 2 is 1.73 bits per heavy atom. The zero-order valence-electron chi connectivity index (χ0n) is 19.2. The minimum Gasteiger partial charge on any atom is -0.493 e. The van der Waals surface area contributed by atoms with E-state index < -0.39 is 17.7 Å². The van der Waals surface area contributed by atoms with Crippen molar-refractivity contribution in [1.29, 1.82) is 5.26 Å². The molecule has 0 N–H and O–H groups in total. The highest BCUT2D eigenvalue weighted by Crippen LogP contribution is 2.46. The van der Waals surface area contributed by atoms with E-state index >= 15 is 0 Å². The van der Waals surface area contributed by atoms with Crippen LogP contribution in [-0.4, -0.2) is 38.6 Å². The van der Waals surface area contributed by atoms with Gasteiger partial charge >= 0.3 is 0 Å². The third-order valence-corrected chi connectivity index (χ3v) is 5.89. The minimum atomic E-state index is -0.942. The van der Waals surface area contributed by atoms with Gasteiger partial charge in [0.25, 0.3) is 0 Å². The Morgan fingerprint density at radius 1 is 1.09 bits per heavy atom. The quantitative estimate of drug-likeness (QED) is 0.359. The second-order valence-electron chi connectivity index (χ2n) is 8.00. The molecule has 1 heterocycles. The van der Waals surface area contributed by atoms with Gasteiger partial charge in [0.15, 0.2) is 23.0 Å². The highest BCUT2D eigenvalue weighted by Gasteiger charge is 2.35. The highest BCUT2D eigenvalue weighted by atomic mass is 16.7. The Kier molecular flexibility index (Phi) is 7.48. The number of methoxy groups -OCH3 is 3. The van der Waals surface area contributed by atoms with Crippen molar-refractivity contribution in [1.82, 2.24) is 0 Å². The predicted octanol–water partition coefficient (Wildman–Crippen LogP) is 4.50. The largest absolute Gasteiger partial charge is 0.493 e. The first-order chi connectivity index (χ1) is 15.9. The number of hydrogen-bond donors (Lipinski definition) is 0. The lowest BCUT2D eigenvalue weighted by Gasteiger charge is -2.26. The zero-order chi connectivity index (χ0) is 24.0. The molecular weight excluding hydrogens is 428 g/mol. The standard InChI is InChI=1S/C24H28N2O7/c1-24(15-25,17-11-12-20(29-2)23(31-4)22(17)30-3)13-7-8-16(26(27)28)14-21-32-18-9-5-6-10-19(18)33-21/h5-6,9-12,16,21H,7-8,13-14H2,1-4H3. The van der Waals surface area contributed by atoms with Crippen LogP contribution in [0.4, 0.5) is 0 Å². The average Bonchev–Trinajstić information content (AvgIpc) is 3.24. The van der Waals surface area contributed by atoms with Crippen LogP contribution < -0.4 is 23.7 Å². The second kappa shape index (κ2) is 10.3. The van der Waals surface area contributed by atoms with Crippen LogP contribution in [0.3, 0.4) is 0 Å². The molecule has 1 aliphatic heterocycles. The molecule has 2 aromatic carbocycles. The molecule has 33 heavy (non-hydrogen) atoms. The maximum atomic E-state index is 11.7. The van der Waals surface area contributed by atoms with E-state index in [1.807, 2.05) is 12.1 Å². The fraction of sp³-hybridized carbons (Fsp3) is 0.458. The zero-order valence-corrected chi connectivity index (χ0v) is 19.2. The van der Waals surface area contributed by atoms with Crippen LogP contribution >= 0.6 is 0 Å². The lowest BCUT2D eigenvalue weighted by molar-refractivity contribution is -0.527. The molecule has 1 aliphatic rings. The van der Waals surface area contributed by atoms with Gasteiger partial charge in [-0.1, -0.05) is 12.1 Å². The normalized spacial score (nSPS) is 15.2. The second-order valence-corrected chi connectivity index (χ2v) is 8.00. The lowest BCUT2D eigenvalue weighted by atomic mass is 9.78. The molecule has 2 unspecified atom stereocenters. The van der Waals surface area contributed by atoms with Crippen molar-refractivity contribution < 1.29 is 28.6 Å². The number of para-hydroxylation sites is 2. The van der Waals surface area contributed by atoms with Crippen molar-refractivity contribution >= 4 is 0 Å². The topological polar surface area (TPSA) is 113 Å². The molecule has 0 spiro atoms. The molecular formula is C24H28N2O7. The highest BCUT2D eigenvalue weighted by molar-refractivity contribution is 5.59. The number of ether oxygens (including phenoxy) is 5. The van der Waals surface area contributed by atoms with Gasteiger partial charge in [-0.3, -0.25) is 10.1 Å². The maximum Gasteiger partial charge on any atom is 0.248 e. The molecule has 2 atom stereocenters. The van der Waals surface area contributed by atoms with Crippen LogP contribution in [0.2, 0.25) is 0 Å². The van der Waals surface area contributed by atoms with Gasteiger partial charge in [0.05, 0.1) is 39.2 Å². The number of hydrogen-bond acceptors (Lipinski definition) is 8. The lowest BCUT2D eigenvalue weighted by Crippen LogP contribution is -2.30. The number of nitriles is 1. The fourth-order valence-electron chi connectivity index (χ4n) is 4.06. The molecule has 0 saturated heterocycles. The molecule has 0 aromatic heterocycles. The molecule has 0 saturated carbocycles. The first-order valence-corrected chi connectivity index (χ1v) is 10.6. The third kappa shape index (κ3) is 5.06. The number of benzene rings is 2. The van der Waals surface area contributed by atoms with Crippen molar-refractivity contribution in [2.45, 2.75) is 50.4 Å². The summed E-state index contributed by atoms with van der Waals surface area (Å²) in [5.41, 5.74) is -0.302. The van der Waals surface area contributed by atoms with E-state index in [1.54, 1.807) is 31.2 Å². The van der Waals surface area contributed by atoms with Crippen molar-refractivity contribution in [2.24, 2.45) is 0 Å². The van der Waals surface area contributed by atoms with Gasteiger partial charge in [-0.15, -0.1) is 0 Å². The van der Waals surface area contributed by atoms with Crippen LogP contribution in [0.5, 0.6) is 28.7 Å². The van der Waals surface area contributed by atoms with E-state index in [4.69, 9.17) is 23.7 Å². The molecule has 0 fully saturated rings. The smallest absolute Gasteiger partial charge is 0.248 e. The van der Waals surface area contributed by atoms with Gasteiger partial charge in [-0.2, -0.15) is 5.26 Å². The number of nitrogens with zero attached hydrogens (tertiary/aromatic N) is 2. The Balaban J connectivity index is 1.69. The minimum absolute atomic E-state index is 0.116. The molecule has 0 bridgehead atoms. The number of nitro groups is 1. The van der Waals surface area contributed by atoms with Crippen LogP contribution in [0.1, 0.15) is 38.2 Å². The molecule has 9 heteroatoms. The van der Waals surface area contributed by atoms with Gasteiger partial charge < -0.3 is 23.7 Å². The first-order valence-electron chi connectivity index (χ1n) is 10.6. The molecule has 9 nitrogen and oxygen atoms in total. The maximum absolute atomic E-state index is 11.7. The van der Waals surface area contributed by atoms with E-state index in [9.17, 15) is 15.4 Å². The van der Waals surface area contributed by atoms with Crippen molar-refractivity contribution in [3.05, 3.63) is 52.1 Å². The SMILES string of the molecule is COc1ccc(C(C)(C#N)CCCC(CC2Oc3ccccc3O2)[N+](=O)[O-])c(OC)c1OC. The van der Waals surface area contributed by atoms with E-state index in [1.165, 1.54) is 21.3 Å². The van der Waals surface area contributed by atoms with Crippen LogP contribution in [0, 0.1) is 21.4 Å². The fourth-order valence-corrected chi connectivity index (χ4v) is 4.06. The van der Waals surface area contributed by atoms with Crippen molar-refractivity contribution in [3.8, 4) is 34.8 Å². The first kappa shape index (κ1) is 24.0. The molecule has 2 aromatic rings. The monoisotopic (exact) mass is 456 g/mol. The summed E-state index contributed by atoms with van der Waals surface area (Å²) in [6, 6.07) is 12.2. The molecule has 176 valence electrons. The van der Waals surface area contributed by atoms with Gasteiger partial charge in [-0.25, -0.2) is 0 Å². The van der Waals surface area contributed by atoms with E-state index in [0.717, 1.165) is 0 Å². The summed E-state index contributed by atoms with van der Waals surface area (Å²) in [5, 5.41) is 21.7. The van der Waals surface area contributed by atoms with E-state index in [-0.39, 0.29) is 17.8 Å². The van der Waals surface area contributed by atoms with Crippen molar-refractivity contribution in [3.63, 3.8) is 0 Å². The molecule has 3 rings (SSSR count). The molecule has 0 radical (unpaired) electrons. The summed E-state index contributed by atoms with van der Waals surface area (Å²) in [4.78, 5) is 11.4. The van der Waals surface area contributed by atoms with Crippen molar-refractivity contribution in [2.75, 3.05) is 21.3 Å². The summed E-state index contributed by atoms with van der Waals surface area (Å²) >= 11 is 0. The Labute approximate surface area is 192 Å². The summed E-state index contributed by atoms with van der Waals surface area (Å²) in [6.07, 6.45) is 0.537. The van der Waals surface area contributed by atoms with Gasteiger partial charge in [0.1, 0.15) is 0 Å². The Bertz CT molecular complexity index is 1010. The summed E-state index contributed by atoms with van der Waals surface area (Å²) in [7, 11) is 4.52. The summed E-state index contributed by atoms with van der Waals surface area (Å²) in [5.74, 6) is 2.48. The molecule has 0 aliphatic carbocycles. The Morgan fingerprint density at radius 3 is 2.24 bits per heavy atom. The number of rotatable bonds is 11. The summed E-state index contributed by atoms with van der Waals surface area (Å²) < 4.78 is 27.7. The van der Waals surface area contributed by atoms with E-state index in [2.05, 4.69) is 6.07 Å². The van der Waals surface area contributed by atoms with Gasteiger partial charge in [0.2, 0.25) is 18.1 Å².